The first-order valence-corrected chi connectivity index (χ1v) is 6.29. The van der Waals surface area contributed by atoms with Crippen LogP contribution in [0.1, 0.15) is 19.5 Å². The van der Waals surface area contributed by atoms with E-state index in [0.29, 0.717) is 6.04 Å². The van der Waals surface area contributed by atoms with Crippen molar-refractivity contribution in [1.29, 1.82) is 0 Å². The number of ether oxygens (including phenoxy) is 1. The molecule has 0 radical (unpaired) electrons. The minimum absolute atomic E-state index is 0.171. The summed E-state index contributed by atoms with van der Waals surface area (Å²) in [6, 6.07) is 0.373. The summed E-state index contributed by atoms with van der Waals surface area (Å²) in [4.78, 5) is 0. The maximum Gasteiger partial charge on any atom is 0.148 e. The predicted molar refractivity (Wildman–Crippen MR) is 67.5 cm³/mol. The van der Waals surface area contributed by atoms with Gasteiger partial charge in [0, 0.05) is 18.5 Å². The van der Waals surface area contributed by atoms with Crippen molar-refractivity contribution in [2.24, 2.45) is 5.41 Å². The van der Waals surface area contributed by atoms with Crippen LogP contribution in [-0.4, -0.2) is 35.6 Å². The predicted octanol–water partition coefficient (Wildman–Crippen LogP) is 1.45. The SMILES string of the molecule is CCn1nc(C)c2c1NC1COCC1(C)CN2. The van der Waals surface area contributed by atoms with E-state index in [9.17, 15) is 0 Å². The largest absolute Gasteiger partial charge is 0.380 e. The molecule has 0 amide bonds. The van der Waals surface area contributed by atoms with E-state index < -0.39 is 0 Å². The fourth-order valence-electron chi connectivity index (χ4n) is 2.73. The molecule has 0 saturated carbocycles. The van der Waals surface area contributed by atoms with Gasteiger partial charge in [-0.25, -0.2) is 4.68 Å². The first kappa shape index (κ1) is 10.9. The Labute approximate surface area is 102 Å². The van der Waals surface area contributed by atoms with Crippen LogP contribution < -0.4 is 10.6 Å². The molecule has 1 fully saturated rings. The van der Waals surface area contributed by atoms with Gasteiger partial charge < -0.3 is 15.4 Å². The Kier molecular flexibility index (Phi) is 2.33. The lowest BCUT2D eigenvalue weighted by molar-refractivity contribution is 0.164. The molecule has 0 bridgehead atoms. The van der Waals surface area contributed by atoms with Crippen molar-refractivity contribution in [3.8, 4) is 0 Å². The van der Waals surface area contributed by atoms with Gasteiger partial charge in [-0.3, -0.25) is 0 Å². The van der Waals surface area contributed by atoms with E-state index in [1.807, 2.05) is 4.68 Å². The summed E-state index contributed by atoms with van der Waals surface area (Å²) in [5, 5.41) is 11.7. The maximum absolute atomic E-state index is 5.61. The molecular weight excluding hydrogens is 216 g/mol. The monoisotopic (exact) mass is 236 g/mol. The Morgan fingerprint density at radius 1 is 1.59 bits per heavy atom. The van der Waals surface area contributed by atoms with Gasteiger partial charge in [0.25, 0.3) is 0 Å². The van der Waals surface area contributed by atoms with Crippen LogP contribution in [0.3, 0.4) is 0 Å². The average molecular weight is 236 g/mol. The molecule has 0 spiro atoms. The Morgan fingerprint density at radius 2 is 2.41 bits per heavy atom. The third-order valence-electron chi connectivity index (χ3n) is 3.96. The van der Waals surface area contributed by atoms with Crippen molar-refractivity contribution in [2.75, 3.05) is 30.4 Å². The lowest BCUT2D eigenvalue weighted by Crippen LogP contribution is -2.40. The number of anilines is 2. The molecule has 2 atom stereocenters. The molecule has 17 heavy (non-hydrogen) atoms. The fraction of sp³-hybridized carbons (Fsp3) is 0.750. The van der Waals surface area contributed by atoms with Gasteiger partial charge in [-0.1, -0.05) is 6.92 Å². The van der Waals surface area contributed by atoms with E-state index in [1.165, 1.54) is 0 Å². The summed E-state index contributed by atoms with van der Waals surface area (Å²) in [5.74, 6) is 1.12. The number of fused-ring (bicyclic) bond motifs is 2. The highest BCUT2D eigenvalue weighted by Crippen LogP contribution is 2.38. The summed E-state index contributed by atoms with van der Waals surface area (Å²) in [6.07, 6.45) is 0. The van der Waals surface area contributed by atoms with Crippen LogP contribution in [-0.2, 0) is 11.3 Å². The van der Waals surface area contributed by atoms with Crippen LogP contribution in [0.5, 0.6) is 0 Å². The normalized spacial score (nSPS) is 31.1. The molecule has 2 unspecified atom stereocenters. The van der Waals surface area contributed by atoms with Crippen LogP contribution in [0.2, 0.25) is 0 Å². The van der Waals surface area contributed by atoms with Gasteiger partial charge in [0.1, 0.15) is 11.5 Å². The van der Waals surface area contributed by atoms with Gasteiger partial charge >= 0.3 is 0 Å². The van der Waals surface area contributed by atoms with E-state index in [0.717, 1.165) is 43.5 Å². The Morgan fingerprint density at radius 3 is 3.18 bits per heavy atom. The van der Waals surface area contributed by atoms with E-state index in [4.69, 9.17) is 4.74 Å². The van der Waals surface area contributed by atoms with Gasteiger partial charge in [-0.05, 0) is 13.8 Å². The summed E-state index contributed by atoms with van der Waals surface area (Å²) in [5.41, 5.74) is 2.39. The highest BCUT2D eigenvalue weighted by Gasteiger charge is 2.42. The molecule has 1 aromatic rings. The zero-order chi connectivity index (χ0) is 12.0. The molecule has 2 aliphatic rings. The summed E-state index contributed by atoms with van der Waals surface area (Å²) >= 11 is 0. The first-order valence-electron chi connectivity index (χ1n) is 6.29. The van der Waals surface area contributed by atoms with E-state index in [2.05, 4.69) is 36.5 Å². The molecule has 2 N–H and O–H groups in total. The average Bonchev–Trinajstić information content (AvgIpc) is 2.76. The number of nitrogens with one attached hydrogen (secondary N) is 2. The van der Waals surface area contributed by atoms with Crippen LogP contribution in [0.15, 0.2) is 0 Å². The standard InChI is InChI=1S/C12H20N4O/c1-4-16-11-10(8(2)15-16)13-6-12(3)7-17-5-9(12)14-11/h9,13-14H,4-7H2,1-3H3. The van der Waals surface area contributed by atoms with Crippen LogP contribution in [0.25, 0.3) is 0 Å². The molecule has 0 aliphatic carbocycles. The van der Waals surface area contributed by atoms with E-state index >= 15 is 0 Å². The molecule has 0 aromatic carbocycles. The zero-order valence-electron chi connectivity index (χ0n) is 10.7. The Balaban J connectivity index is 2.01. The number of nitrogens with zero attached hydrogens (tertiary/aromatic N) is 2. The summed E-state index contributed by atoms with van der Waals surface area (Å²) in [6.45, 7) is 9.87. The van der Waals surface area contributed by atoms with Crippen molar-refractivity contribution in [1.82, 2.24) is 9.78 Å². The van der Waals surface area contributed by atoms with Gasteiger partial charge in [0.15, 0.2) is 0 Å². The second-order valence-corrected chi connectivity index (χ2v) is 5.34. The minimum atomic E-state index is 0.171. The lowest BCUT2D eigenvalue weighted by Gasteiger charge is -2.27. The molecule has 3 heterocycles. The van der Waals surface area contributed by atoms with Gasteiger partial charge in [0.05, 0.1) is 24.9 Å². The number of hydrogen-bond donors (Lipinski definition) is 2. The van der Waals surface area contributed by atoms with E-state index in [-0.39, 0.29) is 5.41 Å². The topological polar surface area (TPSA) is 51.1 Å². The van der Waals surface area contributed by atoms with Crippen LogP contribution >= 0.6 is 0 Å². The van der Waals surface area contributed by atoms with Crippen molar-refractivity contribution >= 4 is 11.5 Å². The lowest BCUT2D eigenvalue weighted by atomic mass is 9.85. The Hall–Kier alpha value is -1.23. The van der Waals surface area contributed by atoms with E-state index in [1.54, 1.807) is 0 Å². The summed E-state index contributed by atoms with van der Waals surface area (Å²) < 4.78 is 7.64. The fourth-order valence-corrected chi connectivity index (χ4v) is 2.73. The number of aromatic nitrogens is 2. The van der Waals surface area contributed by atoms with Gasteiger partial charge in [0.2, 0.25) is 0 Å². The van der Waals surface area contributed by atoms with Gasteiger partial charge in [-0.15, -0.1) is 0 Å². The van der Waals surface area contributed by atoms with Crippen molar-refractivity contribution < 1.29 is 4.74 Å². The third kappa shape index (κ3) is 1.52. The quantitative estimate of drug-likeness (QED) is 0.775. The first-order chi connectivity index (χ1) is 8.14. The van der Waals surface area contributed by atoms with Crippen LogP contribution in [0, 0.1) is 12.3 Å². The Bertz CT molecular complexity index is 442. The van der Waals surface area contributed by atoms with Crippen molar-refractivity contribution in [2.45, 2.75) is 33.4 Å². The zero-order valence-corrected chi connectivity index (χ0v) is 10.7. The molecular formula is C12H20N4O. The maximum atomic E-state index is 5.61. The molecule has 94 valence electrons. The van der Waals surface area contributed by atoms with Crippen LogP contribution in [0.4, 0.5) is 11.5 Å². The second kappa shape index (κ2) is 3.63. The number of hydrogen-bond acceptors (Lipinski definition) is 4. The molecule has 1 aromatic heterocycles. The molecule has 1 saturated heterocycles. The van der Waals surface area contributed by atoms with Gasteiger partial charge in [-0.2, -0.15) is 5.10 Å². The summed E-state index contributed by atoms with van der Waals surface area (Å²) in [7, 11) is 0. The molecule has 3 rings (SSSR count). The second-order valence-electron chi connectivity index (χ2n) is 5.34. The number of rotatable bonds is 1. The van der Waals surface area contributed by atoms with Crippen molar-refractivity contribution in [3.63, 3.8) is 0 Å². The number of aryl methyl sites for hydroxylation is 2. The smallest absolute Gasteiger partial charge is 0.148 e. The minimum Gasteiger partial charge on any atom is -0.380 e. The molecule has 5 nitrogen and oxygen atoms in total. The highest BCUT2D eigenvalue weighted by atomic mass is 16.5. The third-order valence-corrected chi connectivity index (χ3v) is 3.96. The highest BCUT2D eigenvalue weighted by molar-refractivity contribution is 5.69. The molecule has 2 aliphatic heterocycles. The van der Waals surface area contributed by atoms with Crippen molar-refractivity contribution in [3.05, 3.63) is 5.69 Å². The molecule has 5 heteroatoms.